The molecule has 2 aromatic rings. The molecule has 0 spiro atoms. The molecule has 2 N–H and O–H groups in total. The molecule has 1 saturated heterocycles. The summed E-state index contributed by atoms with van der Waals surface area (Å²) >= 11 is 5.84. The van der Waals surface area contributed by atoms with Crippen molar-refractivity contribution in [3.63, 3.8) is 0 Å². The predicted octanol–water partition coefficient (Wildman–Crippen LogP) is 2.20. The van der Waals surface area contributed by atoms with Crippen LogP contribution in [-0.4, -0.2) is 40.6 Å². The van der Waals surface area contributed by atoms with Crippen molar-refractivity contribution in [3.8, 4) is 0 Å². The number of hydrogen-bond donors (Lipinski definition) is 2. The van der Waals surface area contributed by atoms with E-state index in [2.05, 4.69) is 15.3 Å². The van der Waals surface area contributed by atoms with E-state index in [1.807, 2.05) is 4.90 Å². The number of piperidine rings is 1. The summed E-state index contributed by atoms with van der Waals surface area (Å²) < 4.78 is 0. The van der Waals surface area contributed by atoms with Gasteiger partial charge in [0.2, 0.25) is 11.9 Å². The van der Waals surface area contributed by atoms with E-state index in [0.717, 1.165) is 24.9 Å². The number of hydrogen-bond acceptors (Lipinski definition) is 5. The zero-order chi connectivity index (χ0) is 17.6. The quantitative estimate of drug-likeness (QED) is 0.854. The van der Waals surface area contributed by atoms with Gasteiger partial charge in [0, 0.05) is 37.1 Å². The van der Waals surface area contributed by atoms with E-state index >= 15 is 0 Å². The Morgan fingerprint density at radius 3 is 2.76 bits per heavy atom. The summed E-state index contributed by atoms with van der Waals surface area (Å²) in [4.78, 5) is 23.0. The Morgan fingerprint density at radius 2 is 2.04 bits per heavy atom. The van der Waals surface area contributed by atoms with Crippen LogP contribution in [0, 0.1) is 5.92 Å². The molecular formula is C18H21ClN4O2. The van der Waals surface area contributed by atoms with Gasteiger partial charge in [0.05, 0.1) is 12.0 Å². The fraction of sp³-hybridized carbons (Fsp3) is 0.389. The van der Waals surface area contributed by atoms with Gasteiger partial charge < -0.3 is 15.3 Å². The summed E-state index contributed by atoms with van der Waals surface area (Å²) in [6.07, 6.45) is 4.39. The van der Waals surface area contributed by atoms with E-state index in [-0.39, 0.29) is 18.4 Å². The van der Waals surface area contributed by atoms with Crippen LogP contribution in [0.4, 0.5) is 5.95 Å². The highest BCUT2D eigenvalue weighted by Crippen LogP contribution is 2.21. The van der Waals surface area contributed by atoms with Gasteiger partial charge in [-0.2, -0.15) is 0 Å². The molecule has 0 radical (unpaired) electrons. The van der Waals surface area contributed by atoms with Crippen LogP contribution in [0.2, 0.25) is 5.02 Å². The molecule has 1 amide bonds. The average Bonchev–Trinajstić information content (AvgIpc) is 2.67. The van der Waals surface area contributed by atoms with Crippen LogP contribution in [0.5, 0.6) is 0 Å². The molecule has 6 nitrogen and oxygen atoms in total. The molecule has 25 heavy (non-hydrogen) atoms. The van der Waals surface area contributed by atoms with Gasteiger partial charge in [0.15, 0.2) is 0 Å². The van der Waals surface area contributed by atoms with Gasteiger partial charge in [-0.1, -0.05) is 23.7 Å². The van der Waals surface area contributed by atoms with E-state index in [0.29, 0.717) is 17.5 Å². The Bertz CT molecular complexity index is 696. The number of carbonyl (C=O) groups is 1. The summed E-state index contributed by atoms with van der Waals surface area (Å²) in [5, 5.41) is 13.7. The van der Waals surface area contributed by atoms with Crippen LogP contribution in [0.25, 0.3) is 0 Å². The van der Waals surface area contributed by atoms with Crippen molar-refractivity contribution in [1.82, 2.24) is 15.3 Å². The van der Waals surface area contributed by atoms with E-state index in [1.54, 1.807) is 42.7 Å². The minimum Gasteiger partial charge on any atom is -0.387 e. The lowest BCUT2D eigenvalue weighted by Crippen LogP contribution is -2.44. The number of aliphatic hydroxyl groups excluding tert-OH is 1. The Hall–Kier alpha value is -2.18. The van der Waals surface area contributed by atoms with Crippen molar-refractivity contribution >= 4 is 23.5 Å². The molecule has 1 aliphatic rings. The first-order valence-corrected chi connectivity index (χ1v) is 8.74. The molecule has 2 unspecified atom stereocenters. The predicted molar refractivity (Wildman–Crippen MR) is 96.4 cm³/mol. The fourth-order valence-corrected chi connectivity index (χ4v) is 3.10. The molecule has 1 aromatic carbocycles. The summed E-state index contributed by atoms with van der Waals surface area (Å²) in [7, 11) is 0. The van der Waals surface area contributed by atoms with Gasteiger partial charge in [0.1, 0.15) is 0 Å². The van der Waals surface area contributed by atoms with Gasteiger partial charge in [0.25, 0.3) is 0 Å². The van der Waals surface area contributed by atoms with Crippen LogP contribution in [-0.2, 0) is 4.79 Å². The van der Waals surface area contributed by atoms with Crippen molar-refractivity contribution in [2.75, 3.05) is 24.5 Å². The van der Waals surface area contributed by atoms with Crippen LogP contribution in [0.15, 0.2) is 42.7 Å². The SMILES string of the molecule is O=C(NCC(O)c1ccc(Cl)cc1)C1CCCN(c2ncccn2)C1. The number of aliphatic hydroxyl groups is 1. The standard InChI is InChI=1S/C18H21ClN4O2/c19-15-6-4-13(5-7-15)16(24)11-22-17(25)14-3-1-10-23(12-14)18-20-8-2-9-21-18/h2,4-9,14,16,24H,1,3,10-12H2,(H,22,25). The third-order valence-electron chi connectivity index (χ3n) is 4.35. The number of nitrogens with zero attached hydrogens (tertiary/aromatic N) is 3. The second-order valence-corrected chi connectivity index (χ2v) is 6.58. The number of amides is 1. The van der Waals surface area contributed by atoms with E-state index < -0.39 is 6.10 Å². The summed E-state index contributed by atoms with van der Waals surface area (Å²) in [6.45, 7) is 1.62. The Labute approximate surface area is 151 Å². The number of carbonyl (C=O) groups excluding carboxylic acids is 1. The minimum atomic E-state index is -0.752. The zero-order valence-electron chi connectivity index (χ0n) is 13.8. The number of anilines is 1. The lowest BCUT2D eigenvalue weighted by atomic mass is 9.97. The number of benzene rings is 1. The molecule has 2 atom stereocenters. The normalized spacial score (nSPS) is 18.6. The molecule has 3 rings (SSSR count). The summed E-state index contributed by atoms with van der Waals surface area (Å²) in [5.74, 6) is 0.477. The van der Waals surface area contributed by atoms with Gasteiger partial charge in [-0.05, 0) is 36.6 Å². The third-order valence-corrected chi connectivity index (χ3v) is 4.60. The number of aromatic nitrogens is 2. The smallest absolute Gasteiger partial charge is 0.225 e. The molecule has 0 saturated carbocycles. The second-order valence-electron chi connectivity index (χ2n) is 6.15. The minimum absolute atomic E-state index is 0.0476. The maximum atomic E-state index is 12.5. The molecule has 0 aliphatic carbocycles. The average molecular weight is 361 g/mol. The lowest BCUT2D eigenvalue weighted by molar-refractivity contribution is -0.125. The molecule has 1 aromatic heterocycles. The third kappa shape index (κ3) is 4.67. The highest BCUT2D eigenvalue weighted by Gasteiger charge is 2.27. The fourth-order valence-electron chi connectivity index (χ4n) is 2.97. The van der Waals surface area contributed by atoms with Crippen LogP contribution >= 0.6 is 11.6 Å². The second kappa shape index (κ2) is 8.27. The maximum Gasteiger partial charge on any atom is 0.225 e. The van der Waals surface area contributed by atoms with Crippen LogP contribution in [0.3, 0.4) is 0 Å². The number of rotatable bonds is 5. The maximum absolute atomic E-state index is 12.5. The molecule has 1 aliphatic heterocycles. The van der Waals surface area contributed by atoms with Gasteiger partial charge in [-0.25, -0.2) is 9.97 Å². The molecule has 0 bridgehead atoms. The monoisotopic (exact) mass is 360 g/mol. The first kappa shape index (κ1) is 17.6. The van der Waals surface area contributed by atoms with Crippen molar-refractivity contribution in [3.05, 3.63) is 53.3 Å². The number of nitrogens with one attached hydrogen (secondary N) is 1. The van der Waals surface area contributed by atoms with E-state index in [1.165, 1.54) is 0 Å². The van der Waals surface area contributed by atoms with Crippen molar-refractivity contribution in [1.29, 1.82) is 0 Å². The molecule has 2 heterocycles. The Kier molecular flexibility index (Phi) is 5.83. The van der Waals surface area contributed by atoms with Gasteiger partial charge in [-0.15, -0.1) is 0 Å². The van der Waals surface area contributed by atoms with Crippen LogP contribution < -0.4 is 10.2 Å². The first-order valence-electron chi connectivity index (χ1n) is 8.36. The highest BCUT2D eigenvalue weighted by molar-refractivity contribution is 6.30. The van der Waals surface area contributed by atoms with Gasteiger partial charge in [-0.3, -0.25) is 4.79 Å². The van der Waals surface area contributed by atoms with Gasteiger partial charge >= 0.3 is 0 Å². The van der Waals surface area contributed by atoms with E-state index in [4.69, 9.17) is 11.6 Å². The Morgan fingerprint density at radius 1 is 1.32 bits per heavy atom. The lowest BCUT2D eigenvalue weighted by Gasteiger charge is -2.32. The number of halogens is 1. The first-order chi connectivity index (χ1) is 12.1. The molecule has 132 valence electrons. The van der Waals surface area contributed by atoms with Crippen LogP contribution in [0.1, 0.15) is 24.5 Å². The molecule has 1 fully saturated rings. The van der Waals surface area contributed by atoms with E-state index in [9.17, 15) is 9.90 Å². The summed E-state index contributed by atoms with van der Waals surface area (Å²) in [5.41, 5.74) is 0.729. The largest absolute Gasteiger partial charge is 0.387 e. The van der Waals surface area contributed by atoms with Crippen molar-refractivity contribution in [2.45, 2.75) is 18.9 Å². The molecule has 7 heteroatoms. The van der Waals surface area contributed by atoms with Crippen molar-refractivity contribution < 1.29 is 9.90 Å². The zero-order valence-corrected chi connectivity index (χ0v) is 14.6. The van der Waals surface area contributed by atoms with Crippen molar-refractivity contribution in [2.24, 2.45) is 5.92 Å². The Balaban J connectivity index is 1.53. The summed E-state index contributed by atoms with van der Waals surface area (Å²) in [6, 6.07) is 8.74. The topological polar surface area (TPSA) is 78.4 Å². The highest BCUT2D eigenvalue weighted by atomic mass is 35.5. The molecular weight excluding hydrogens is 340 g/mol.